The van der Waals surface area contributed by atoms with Gasteiger partial charge >= 0.3 is 0 Å². The number of hydrogen-bond donors (Lipinski definition) is 1. The van der Waals surface area contributed by atoms with Crippen molar-refractivity contribution in [2.75, 3.05) is 34.0 Å². The molecule has 0 spiro atoms. The van der Waals surface area contributed by atoms with E-state index in [0.717, 1.165) is 30.0 Å². The number of methoxy groups -OCH3 is 2. The second kappa shape index (κ2) is 9.41. The van der Waals surface area contributed by atoms with Crippen LogP contribution in [0.15, 0.2) is 18.2 Å². The Kier molecular flexibility index (Phi) is 7.84. The Morgan fingerprint density at radius 1 is 1.33 bits per heavy atom. The van der Waals surface area contributed by atoms with E-state index in [9.17, 15) is 0 Å². The fraction of sp³-hybridized carbons (Fsp3) is 0.529. The third kappa shape index (κ3) is 5.39. The van der Waals surface area contributed by atoms with Gasteiger partial charge in [-0.15, -0.1) is 0 Å². The minimum Gasteiger partial charge on any atom is -0.497 e. The van der Waals surface area contributed by atoms with Crippen molar-refractivity contribution in [3.05, 3.63) is 29.3 Å². The number of nitrogens with zero attached hydrogens (tertiary/aromatic N) is 1. The minimum atomic E-state index is -0.136. The van der Waals surface area contributed by atoms with Crippen LogP contribution in [-0.2, 0) is 11.3 Å². The Labute approximate surface area is 127 Å². The highest BCUT2D eigenvalue weighted by molar-refractivity contribution is 5.45. The molecule has 21 heavy (non-hydrogen) atoms. The molecular formula is C17H25NO3. The third-order valence-corrected chi connectivity index (χ3v) is 3.43. The second-order valence-electron chi connectivity index (χ2n) is 4.85. The van der Waals surface area contributed by atoms with Gasteiger partial charge in [0.15, 0.2) is 0 Å². The average Bonchev–Trinajstić information content (AvgIpc) is 2.51. The number of aliphatic hydroxyl groups excluding tert-OH is 1. The lowest BCUT2D eigenvalue weighted by atomic mass is 10.1. The molecule has 116 valence electrons. The molecule has 0 aliphatic rings. The second-order valence-corrected chi connectivity index (χ2v) is 4.85. The monoisotopic (exact) mass is 291 g/mol. The highest BCUT2D eigenvalue weighted by atomic mass is 16.5. The van der Waals surface area contributed by atoms with Crippen LogP contribution in [0.3, 0.4) is 0 Å². The minimum absolute atomic E-state index is 0.136. The standard InChI is InChI=1S/C17H25NO3/c1-5-18(14(2)13-20-3)12-16-11-17(21-4)9-8-15(16)7-6-10-19/h8-9,11,14,19H,5,10,12-13H2,1-4H3. The molecule has 0 aliphatic heterocycles. The molecule has 0 saturated heterocycles. The molecule has 0 aromatic heterocycles. The SMILES string of the molecule is CCN(Cc1cc(OC)ccc1C#CCO)C(C)COC. The topological polar surface area (TPSA) is 41.9 Å². The van der Waals surface area contributed by atoms with Crippen molar-refractivity contribution in [1.82, 2.24) is 4.90 Å². The van der Waals surface area contributed by atoms with E-state index >= 15 is 0 Å². The van der Waals surface area contributed by atoms with Crippen LogP contribution in [-0.4, -0.2) is 50.0 Å². The van der Waals surface area contributed by atoms with Gasteiger partial charge in [-0.05, 0) is 37.2 Å². The van der Waals surface area contributed by atoms with E-state index in [1.807, 2.05) is 18.2 Å². The number of hydrogen-bond acceptors (Lipinski definition) is 4. The lowest BCUT2D eigenvalue weighted by Gasteiger charge is -2.27. The lowest BCUT2D eigenvalue weighted by Crippen LogP contribution is -2.35. The van der Waals surface area contributed by atoms with Crippen LogP contribution in [0.1, 0.15) is 25.0 Å². The van der Waals surface area contributed by atoms with E-state index in [2.05, 4.69) is 30.6 Å². The summed E-state index contributed by atoms with van der Waals surface area (Å²) >= 11 is 0. The fourth-order valence-corrected chi connectivity index (χ4v) is 2.23. The van der Waals surface area contributed by atoms with Crippen molar-refractivity contribution in [3.8, 4) is 17.6 Å². The summed E-state index contributed by atoms with van der Waals surface area (Å²) in [7, 11) is 3.37. The molecule has 0 aliphatic carbocycles. The van der Waals surface area contributed by atoms with Gasteiger partial charge in [-0.2, -0.15) is 0 Å². The molecule has 0 saturated carbocycles. The maximum absolute atomic E-state index is 8.88. The van der Waals surface area contributed by atoms with Crippen molar-refractivity contribution in [2.45, 2.75) is 26.4 Å². The third-order valence-electron chi connectivity index (χ3n) is 3.43. The van der Waals surface area contributed by atoms with Crippen molar-refractivity contribution in [3.63, 3.8) is 0 Å². The van der Waals surface area contributed by atoms with Gasteiger partial charge < -0.3 is 14.6 Å². The molecule has 1 aromatic rings. The van der Waals surface area contributed by atoms with Gasteiger partial charge in [-0.25, -0.2) is 0 Å². The van der Waals surface area contributed by atoms with Gasteiger partial charge in [0.2, 0.25) is 0 Å². The normalized spacial score (nSPS) is 11.9. The van der Waals surface area contributed by atoms with E-state index < -0.39 is 0 Å². The quantitative estimate of drug-likeness (QED) is 0.779. The fourth-order valence-electron chi connectivity index (χ4n) is 2.23. The summed E-state index contributed by atoms with van der Waals surface area (Å²) < 4.78 is 10.5. The molecular weight excluding hydrogens is 266 g/mol. The van der Waals surface area contributed by atoms with Crippen molar-refractivity contribution < 1.29 is 14.6 Å². The van der Waals surface area contributed by atoms with Crippen molar-refractivity contribution in [1.29, 1.82) is 0 Å². The number of rotatable bonds is 7. The average molecular weight is 291 g/mol. The van der Waals surface area contributed by atoms with Crippen LogP contribution in [0.4, 0.5) is 0 Å². The molecule has 1 atom stereocenters. The zero-order valence-electron chi connectivity index (χ0n) is 13.3. The van der Waals surface area contributed by atoms with Crippen LogP contribution in [0.25, 0.3) is 0 Å². The van der Waals surface area contributed by atoms with Gasteiger partial charge in [-0.1, -0.05) is 18.8 Å². The first-order valence-electron chi connectivity index (χ1n) is 7.15. The van der Waals surface area contributed by atoms with Gasteiger partial charge in [0.25, 0.3) is 0 Å². The largest absolute Gasteiger partial charge is 0.497 e. The van der Waals surface area contributed by atoms with E-state index in [-0.39, 0.29) is 6.61 Å². The van der Waals surface area contributed by atoms with E-state index in [4.69, 9.17) is 14.6 Å². The number of ether oxygens (including phenoxy) is 2. The highest BCUT2D eigenvalue weighted by Gasteiger charge is 2.14. The molecule has 1 rings (SSSR count). The van der Waals surface area contributed by atoms with E-state index in [1.54, 1.807) is 14.2 Å². The molecule has 0 bridgehead atoms. The molecule has 1 unspecified atom stereocenters. The molecule has 4 nitrogen and oxygen atoms in total. The summed E-state index contributed by atoms with van der Waals surface area (Å²) in [6.45, 7) is 6.53. The summed E-state index contributed by atoms with van der Waals surface area (Å²) in [4.78, 5) is 2.32. The molecule has 0 heterocycles. The molecule has 0 fully saturated rings. The van der Waals surface area contributed by atoms with Crippen LogP contribution < -0.4 is 4.74 Å². The number of aliphatic hydroxyl groups is 1. The van der Waals surface area contributed by atoms with Crippen LogP contribution in [0.5, 0.6) is 5.75 Å². The van der Waals surface area contributed by atoms with Gasteiger partial charge in [0, 0.05) is 25.3 Å². The lowest BCUT2D eigenvalue weighted by molar-refractivity contribution is 0.0981. The van der Waals surface area contributed by atoms with Gasteiger partial charge in [0.05, 0.1) is 13.7 Å². The smallest absolute Gasteiger partial charge is 0.119 e. The number of benzene rings is 1. The summed E-state index contributed by atoms with van der Waals surface area (Å²) in [6.07, 6.45) is 0. The van der Waals surface area contributed by atoms with Crippen LogP contribution >= 0.6 is 0 Å². The van der Waals surface area contributed by atoms with Crippen molar-refractivity contribution in [2.24, 2.45) is 0 Å². The van der Waals surface area contributed by atoms with E-state index in [1.165, 1.54) is 0 Å². The summed E-state index contributed by atoms with van der Waals surface area (Å²) in [5, 5.41) is 8.88. The Morgan fingerprint density at radius 3 is 2.67 bits per heavy atom. The Bertz CT molecular complexity index is 491. The highest BCUT2D eigenvalue weighted by Crippen LogP contribution is 2.20. The molecule has 1 N–H and O–H groups in total. The first-order valence-corrected chi connectivity index (χ1v) is 7.15. The van der Waals surface area contributed by atoms with Crippen LogP contribution in [0, 0.1) is 11.8 Å². The Balaban J connectivity index is 3.01. The van der Waals surface area contributed by atoms with E-state index in [0.29, 0.717) is 12.6 Å². The predicted octanol–water partition coefficient (Wildman–Crippen LogP) is 1.90. The zero-order valence-corrected chi connectivity index (χ0v) is 13.3. The summed E-state index contributed by atoms with van der Waals surface area (Å²) in [5.41, 5.74) is 2.02. The predicted molar refractivity (Wildman–Crippen MR) is 84.4 cm³/mol. The number of likely N-dealkylation sites (N-methyl/N-ethyl adjacent to an activating group) is 1. The van der Waals surface area contributed by atoms with Gasteiger partial charge in [-0.3, -0.25) is 4.90 Å². The van der Waals surface area contributed by atoms with Crippen LogP contribution in [0.2, 0.25) is 0 Å². The maximum Gasteiger partial charge on any atom is 0.119 e. The molecule has 4 heteroatoms. The zero-order chi connectivity index (χ0) is 15.7. The summed E-state index contributed by atoms with van der Waals surface area (Å²) in [6, 6.07) is 6.15. The molecule has 1 aromatic carbocycles. The maximum atomic E-state index is 8.88. The van der Waals surface area contributed by atoms with Crippen molar-refractivity contribution >= 4 is 0 Å². The Hall–Kier alpha value is -1.54. The molecule has 0 amide bonds. The summed E-state index contributed by atoms with van der Waals surface area (Å²) in [5.74, 6) is 6.53. The first-order chi connectivity index (χ1) is 10.2. The van der Waals surface area contributed by atoms with Gasteiger partial charge in [0.1, 0.15) is 12.4 Å². The Morgan fingerprint density at radius 2 is 2.10 bits per heavy atom. The first kappa shape index (κ1) is 17.5. The molecule has 0 radical (unpaired) electrons.